The van der Waals surface area contributed by atoms with Crippen molar-refractivity contribution in [1.29, 1.82) is 0 Å². The summed E-state index contributed by atoms with van der Waals surface area (Å²) in [6.45, 7) is 4.85. The van der Waals surface area contributed by atoms with Crippen LogP contribution in [0.1, 0.15) is 25.8 Å². The Morgan fingerprint density at radius 1 is 1.29 bits per heavy atom. The molecule has 0 amide bonds. The van der Waals surface area contributed by atoms with E-state index in [0.717, 1.165) is 18.6 Å². The maximum atomic E-state index is 5.64. The predicted molar refractivity (Wildman–Crippen MR) is 60.7 cm³/mol. The van der Waals surface area contributed by atoms with Crippen molar-refractivity contribution < 1.29 is 4.74 Å². The number of hydrogen-bond acceptors (Lipinski definition) is 1. The molecule has 0 aliphatic rings. The number of ether oxygens (including phenoxy) is 1. The minimum atomic E-state index is 0.664. The summed E-state index contributed by atoms with van der Waals surface area (Å²) < 4.78 is 5.64. The van der Waals surface area contributed by atoms with Gasteiger partial charge in [0, 0.05) is 0 Å². The average Bonchev–Trinajstić information content (AvgIpc) is 2.21. The second kappa shape index (κ2) is 6.25. The van der Waals surface area contributed by atoms with Crippen molar-refractivity contribution in [3.63, 3.8) is 0 Å². The lowest BCUT2D eigenvalue weighted by Crippen LogP contribution is -1.97. The maximum Gasteiger partial charge on any atom is 0.122 e. The van der Waals surface area contributed by atoms with Crippen LogP contribution in [0.2, 0.25) is 0 Å². The molecule has 1 nitrogen and oxygen atoms in total. The summed E-state index contributed by atoms with van der Waals surface area (Å²) in [6.07, 6.45) is 6.27. The van der Waals surface area contributed by atoms with Gasteiger partial charge in [0.2, 0.25) is 0 Å². The molecule has 0 spiro atoms. The Morgan fingerprint density at radius 3 is 2.79 bits per heavy atom. The number of allylic oxidation sites excluding steroid dienone is 1. The topological polar surface area (TPSA) is 9.23 Å². The van der Waals surface area contributed by atoms with Crippen LogP contribution in [-0.2, 0) is 6.42 Å². The molecule has 0 aromatic heterocycles. The van der Waals surface area contributed by atoms with Crippen molar-refractivity contribution in [2.45, 2.75) is 26.7 Å². The Kier molecular flexibility index (Phi) is 4.84. The molecule has 0 bridgehead atoms. The second-order valence-corrected chi connectivity index (χ2v) is 3.24. The molecule has 0 N–H and O–H groups in total. The van der Waals surface area contributed by atoms with Gasteiger partial charge >= 0.3 is 0 Å². The highest BCUT2D eigenvalue weighted by Crippen LogP contribution is 2.19. The van der Waals surface area contributed by atoms with Gasteiger partial charge in [0.25, 0.3) is 0 Å². The standard InChI is InChI=1S/C13H18O/c1-3-5-11-14-13-10-7-6-9-12(13)8-4-2/h3,5-7,9-10H,4,8,11H2,1-2H3. The van der Waals surface area contributed by atoms with E-state index in [4.69, 9.17) is 4.74 Å². The zero-order valence-corrected chi connectivity index (χ0v) is 8.99. The van der Waals surface area contributed by atoms with Gasteiger partial charge in [-0.2, -0.15) is 0 Å². The van der Waals surface area contributed by atoms with Crippen molar-refractivity contribution >= 4 is 0 Å². The molecule has 0 saturated heterocycles. The summed E-state index contributed by atoms with van der Waals surface area (Å²) >= 11 is 0. The normalized spacial score (nSPS) is 10.7. The van der Waals surface area contributed by atoms with Crippen LogP contribution in [0.25, 0.3) is 0 Å². The number of hydrogen-bond donors (Lipinski definition) is 0. The zero-order valence-electron chi connectivity index (χ0n) is 8.99. The van der Waals surface area contributed by atoms with E-state index in [1.807, 2.05) is 31.2 Å². The van der Waals surface area contributed by atoms with E-state index in [2.05, 4.69) is 19.1 Å². The fourth-order valence-electron chi connectivity index (χ4n) is 1.35. The predicted octanol–water partition coefficient (Wildman–Crippen LogP) is 3.59. The van der Waals surface area contributed by atoms with Gasteiger partial charge in [-0.05, 0) is 25.0 Å². The molecule has 1 rings (SSSR count). The van der Waals surface area contributed by atoms with Gasteiger partial charge in [0.1, 0.15) is 12.4 Å². The molecular weight excluding hydrogens is 172 g/mol. The van der Waals surface area contributed by atoms with E-state index >= 15 is 0 Å². The molecule has 0 heterocycles. The first-order valence-electron chi connectivity index (χ1n) is 5.20. The lowest BCUT2D eigenvalue weighted by atomic mass is 10.1. The first-order valence-corrected chi connectivity index (χ1v) is 5.20. The Morgan fingerprint density at radius 2 is 2.07 bits per heavy atom. The summed E-state index contributed by atoms with van der Waals surface area (Å²) in [6, 6.07) is 8.25. The highest BCUT2D eigenvalue weighted by Gasteiger charge is 1.99. The van der Waals surface area contributed by atoms with Crippen LogP contribution in [-0.4, -0.2) is 6.61 Å². The van der Waals surface area contributed by atoms with Crippen LogP contribution in [0.3, 0.4) is 0 Å². The molecule has 0 fully saturated rings. The lowest BCUT2D eigenvalue weighted by Gasteiger charge is -2.08. The Bertz CT molecular complexity index is 289. The van der Waals surface area contributed by atoms with Gasteiger partial charge in [-0.15, -0.1) is 0 Å². The van der Waals surface area contributed by atoms with Gasteiger partial charge < -0.3 is 4.74 Å². The molecule has 0 atom stereocenters. The van der Waals surface area contributed by atoms with E-state index in [1.54, 1.807) is 0 Å². The van der Waals surface area contributed by atoms with Gasteiger partial charge in [0.15, 0.2) is 0 Å². The molecule has 1 heteroatoms. The van der Waals surface area contributed by atoms with E-state index in [9.17, 15) is 0 Å². The van der Waals surface area contributed by atoms with Crippen molar-refractivity contribution in [3.05, 3.63) is 42.0 Å². The van der Waals surface area contributed by atoms with Gasteiger partial charge in [0.05, 0.1) is 0 Å². The third-order valence-corrected chi connectivity index (χ3v) is 2.06. The molecule has 1 aromatic carbocycles. The van der Waals surface area contributed by atoms with Crippen molar-refractivity contribution in [3.8, 4) is 5.75 Å². The molecule has 0 aliphatic carbocycles. The SMILES string of the molecule is CC=CCOc1ccccc1CCC. The van der Waals surface area contributed by atoms with E-state index < -0.39 is 0 Å². The smallest absolute Gasteiger partial charge is 0.122 e. The number of rotatable bonds is 5. The number of para-hydroxylation sites is 1. The molecule has 0 saturated carbocycles. The molecule has 0 aliphatic heterocycles. The van der Waals surface area contributed by atoms with Crippen LogP contribution in [0.5, 0.6) is 5.75 Å². The Labute approximate surface area is 86.4 Å². The highest BCUT2D eigenvalue weighted by atomic mass is 16.5. The number of aryl methyl sites for hydroxylation is 1. The summed E-state index contributed by atoms with van der Waals surface area (Å²) in [5.41, 5.74) is 1.31. The third kappa shape index (κ3) is 3.25. The molecule has 0 unspecified atom stereocenters. The quantitative estimate of drug-likeness (QED) is 0.645. The van der Waals surface area contributed by atoms with Crippen LogP contribution >= 0.6 is 0 Å². The van der Waals surface area contributed by atoms with Crippen LogP contribution in [0, 0.1) is 0 Å². The van der Waals surface area contributed by atoms with Crippen LogP contribution in [0.4, 0.5) is 0 Å². The second-order valence-electron chi connectivity index (χ2n) is 3.24. The minimum absolute atomic E-state index is 0.664. The van der Waals surface area contributed by atoms with Gasteiger partial charge in [-0.25, -0.2) is 0 Å². The number of benzene rings is 1. The lowest BCUT2D eigenvalue weighted by molar-refractivity contribution is 0.358. The summed E-state index contributed by atoms with van der Waals surface area (Å²) in [5, 5.41) is 0. The summed E-state index contributed by atoms with van der Waals surface area (Å²) in [7, 11) is 0. The van der Waals surface area contributed by atoms with Crippen molar-refractivity contribution in [2.24, 2.45) is 0 Å². The van der Waals surface area contributed by atoms with Crippen LogP contribution in [0.15, 0.2) is 36.4 Å². The van der Waals surface area contributed by atoms with E-state index in [-0.39, 0.29) is 0 Å². The highest BCUT2D eigenvalue weighted by molar-refractivity contribution is 5.33. The molecule has 76 valence electrons. The fourth-order valence-corrected chi connectivity index (χ4v) is 1.35. The summed E-state index contributed by atoms with van der Waals surface area (Å²) in [4.78, 5) is 0. The molecule has 1 aromatic rings. The largest absolute Gasteiger partial charge is 0.489 e. The monoisotopic (exact) mass is 190 g/mol. The Balaban J connectivity index is 2.63. The van der Waals surface area contributed by atoms with Crippen molar-refractivity contribution in [2.75, 3.05) is 6.61 Å². The average molecular weight is 190 g/mol. The first kappa shape index (κ1) is 10.8. The molecule has 14 heavy (non-hydrogen) atoms. The first-order chi connectivity index (χ1) is 6.88. The van der Waals surface area contributed by atoms with Gasteiger partial charge in [-0.3, -0.25) is 0 Å². The molecule has 0 radical (unpaired) electrons. The van der Waals surface area contributed by atoms with Crippen molar-refractivity contribution in [1.82, 2.24) is 0 Å². The Hall–Kier alpha value is -1.24. The van der Waals surface area contributed by atoms with E-state index in [1.165, 1.54) is 5.56 Å². The molecular formula is C13H18O. The summed E-state index contributed by atoms with van der Waals surface area (Å²) in [5.74, 6) is 1.02. The van der Waals surface area contributed by atoms with Gasteiger partial charge in [-0.1, -0.05) is 43.7 Å². The van der Waals surface area contributed by atoms with Crippen LogP contribution < -0.4 is 4.74 Å². The minimum Gasteiger partial charge on any atom is -0.489 e. The fraction of sp³-hybridized carbons (Fsp3) is 0.385. The maximum absolute atomic E-state index is 5.64. The zero-order chi connectivity index (χ0) is 10.2. The van der Waals surface area contributed by atoms with E-state index in [0.29, 0.717) is 6.61 Å². The third-order valence-electron chi connectivity index (χ3n) is 2.06.